The Morgan fingerprint density at radius 1 is 0.826 bits per heavy atom. The molecule has 0 spiro atoms. The largest absolute Gasteiger partial charge is 0.478 e. The zero-order chi connectivity index (χ0) is 32.4. The second kappa shape index (κ2) is 12.5. The zero-order valence-electron chi connectivity index (χ0n) is 25.2. The highest BCUT2D eigenvalue weighted by atomic mass is 32.2. The molecule has 0 bridgehead atoms. The van der Waals surface area contributed by atoms with Gasteiger partial charge in [-0.3, -0.25) is 9.78 Å². The molecule has 1 atom stereocenters. The molecule has 6 rings (SSSR count). The Balaban J connectivity index is 1.38. The fourth-order valence-corrected chi connectivity index (χ4v) is 6.21. The number of nitrogens with zero attached hydrogens (tertiary/aromatic N) is 2. The summed E-state index contributed by atoms with van der Waals surface area (Å²) in [5.74, 6) is -1.33. The quantitative estimate of drug-likeness (QED) is 0.178. The average molecular weight is 630 g/mol. The number of amides is 1. The number of pyridine rings is 1. The molecule has 0 saturated heterocycles. The van der Waals surface area contributed by atoms with Gasteiger partial charge >= 0.3 is 5.97 Å². The summed E-state index contributed by atoms with van der Waals surface area (Å²) in [6.07, 6.45) is 6.64. The van der Waals surface area contributed by atoms with Gasteiger partial charge in [-0.15, -0.1) is 0 Å². The van der Waals surface area contributed by atoms with Gasteiger partial charge in [-0.25, -0.2) is 13.2 Å². The number of rotatable bonds is 9. The lowest BCUT2D eigenvalue weighted by atomic mass is 9.99. The smallest absolute Gasteiger partial charge is 0.335 e. The number of carboxylic acid groups (broad SMARTS) is 1. The first-order valence-corrected chi connectivity index (χ1v) is 16.5. The topological polar surface area (TPSA) is 118 Å². The van der Waals surface area contributed by atoms with Gasteiger partial charge in [0, 0.05) is 36.8 Å². The van der Waals surface area contributed by atoms with E-state index in [-0.39, 0.29) is 16.4 Å². The molecule has 0 aliphatic carbocycles. The number of carbonyl (C=O) groups excluding carboxylic acids is 1. The van der Waals surface area contributed by atoms with Crippen LogP contribution in [0.15, 0.2) is 127 Å². The number of fused-ring (bicyclic) bond motifs is 1. The number of sulfone groups is 1. The summed E-state index contributed by atoms with van der Waals surface area (Å²) in [5.41, 5.74) is 6.70. The van der Waals surface area contributed by atoms with Crippen LogP contribution in [0, 0.1) is 0 Å². The molecular weight excluding hydrogens is 598 g/mol. The fourth-order valence-electron chi connectivity index (χ4n) is 5.54. The predicted molar refractivity (Wildman–Crippen MR) is 179 cm³/mol. The van der Waals surface area contributed by atoms with Gasteiger partial charge in [0.15, 0.2) is 9.84 Å². The normalized spacial score (nSPS) is 12.1. The molecule has 0 saturated carbocycles. The van der Waals surface area contributed by atoms with E-state index in [0.29, 0.717) is 23.2 Å². The molecule has 6 aromatic rings. The van der Waals surface area contributed by atoms with Crippen LogP contribution in [0.3, 0.4) is 0 Å². The Morgan fingerprint density at radius 3 is 2.20 bits per heavy atom. The maximum atomic E-state index is 14.0. The highest BCUT2D eigenvalue weighted by Gasteiger charge is 2.20. The van der Waals surface area contributed by atoms with Crippen molar-refractivity contribution in [3.05, 3.63) is 144 Å². The Hall–Kier alpha value is -5.54. The lowest BCUT2D eigenvalue weighted by Crippen LogP contribution is -2.27. The lowest BCUT2D eigenvalue weighted by molar-refractivity contribution is 0.0696. The standard InChI is InChI=1S/C37H31N3O5S/c1-24(26-10-12-29(13-11-26)37(42)43)39-36(41)34-22-32(30-4-3-5-33(21-30)46(2,44)45)20-31-16-19-40(35(31)34)23-25-6-8-27(9-7-25)28-14-17-38-18-15-28/h3-22,24H,23H2,1-2H3,(H,39,41)(H,42,43)/t24-/m0/s1. The number of benzene rings is 4. The Kier molecular flexibility index (Phi) is 8.25. The van der Waals surface area contributed by atoms with Crippen molar-refractivity contribution in [2.75, 3.05) is 6.26 Å². The minimum atomic E-state index is -3.43. The monoisotopic (exact) mass is 629 g/mol. The number of aromatic nitrogens is 2. The third kappa shape index (κ3) is 6.45. The van der Waals surface area contributed by atoms with Gasteiger partial charge in [0.05, 0.1) is 27.6 Å². The molecule has 0 radical (unpaired) electrons. The first-order chi connectivity index (χ1) is 22.1. The van der Waals surface area contributed by atoms with E-state index in [2.05, 4.69) is 34.6 Å². The van der Waals surface area contributed by atoms with Crippen molar-refractivity contribution in [2.24, 2.45) is 0 Å². The summed E-state index contributed by atoms with van der Waals surface area (Å²) in [4.78, 5) is 29.6. The van der Waals surface area contributed by atoms with Gasteiger partial charge in [0.25, 0.3) is 5.91 Å². The molecule has 0 unspecified atom stereocenters. The second-order valence-corrected chi connectivity index (χ2v) is 13.3. The molecule has 230 valence electrons. The van der Waals surface area contributed by atoms with Crippen LogP contribution in [-0.2, 0) is 16.4 Å². The number of hydrogen-bond donors (Lipinski definition) is 2. The number of nitrogens with one attached hydrogen (secondary N) is 1. The van der Waals surface area contributed by atoms with Crippen LogP contribution in [-0.4, -0.2) is 41.2 Å². The lowest BCUT2D eigenvalue weighted by Gasteiger charge is -2.17. The third-order valence-corrected chi connectivity index (χ3v) is 9.14. The van der Waals surface area contributed by atoms with E-state index in [0.717, 1.165) is 33.2 Å². The molecule has 2 heterocycles. The summed E-state index contributed by atoms with van der Waals surface area (Å²) in [6, 6.07) is 30.6. The summed E-state index contributed by atoms with van der Waals surface area (Å²) < 4.78 is 26.6. The van der Waals surface area contributed by atoms with Crippen molar-refractivity contribution in [1.82, 2.24) is 14.9 Å². The molecule has 46 heavy (non-hydrogen) atoms. The zero-order valence-corrected chi connectivity index (χ0v) is 26.0. The van der Waals surface area contributed by atoms with Crippen LogP contribution in [0.4, 0.5) is 0 Å². The van der Waals surface area contributed by atoms with E-state index in [9.17, 15) is 23.1 Å². The molecule has 1 amide bonds. The van der Waals surface area contributed by atoms with Crippen molar-refractivity contribution in [2.45, 2.75) is 24.4 Å². The number of carbonyl (C=O) groups is 2. The maximum absolute atomic E-state index is 14.0. The van der Waals surface area contributed by atoms with Crippen molar-refractivity contribution in [1.29, 1.82) is 0 Å². The first kappa shape index (κ1) is 30.5. The van der Waals surface area contributed by atoms with Gasteiger partial charge < -0.3 is 15.0 Å². The molecule has 9 heteroatoms. The number of hydrogen-bond acceptors (Lipinski definition) is 5. The van der Waals surface area contributed by atoms with Crippen LogP contribution >= 0.6 is 0 Å². The van der Waals surface area contributed by atoms with Gasteiger partial charge in [0.2, 0.25) is 0 Å². The minimum Gasteiger partial charge on any atom is -0.478 e. The minimum absolute atomic E-state index is 0.166. The SMILES string of the molecule is C[C@H](NC(=O)c1cc(-c2cccc(S(C)(=O)=O)c2)cc2ccn(Cc3ccc(-c4ccncc4)cc3)c12)c1ccc(C(=O)O)cc1. The number of aromatic carboxylic acids is 1. The van der Waals surface area contributed by atoms with E-state index in [1.165, 1.54) is 18.4 Å². The predicted octanol–water partition coefficient (Wildman–Crippen LogP) is 7.01. The summed E-state index contributed by atoms with van der Waals surface area (Å²) in [7, 11) is -3.43. The van der Waals surface area contributed by atoms with E-state index < -0.39 is 21.8 Å². The van der Waals surface area contributed by atoms with E-state index >= 15 is 0 Å². The highest BCUT2D eigenvalue weighted by molar-refractivity contribution is 7.90. The van der Waals surface area contributed by atoms with Crippen molar-refractivity contribution in [3.8, 4) is 22.3 Å². The van der Waals surface area contributed by atoms with Gasteiger partial charge in [-0.2, -0.15) is 0 Å². The van der Waals surface area contributed by atoms with Crippen LogP contribution in [0.5, 0.6) is 0 Å². The Bertz CT molecular complexity index is 2170. The summed E-state index contributed by atoms with van der Waals surface area (Å²) >= 11 is 0. The summed E-state index contributed by atoms with van der Waals surface area (Å²) in [5, 5.41) is 13.2. The first-order valence-electron chi connectivity index (χ1n) is 14.6. The molecule has 8 nitrogen and oxygen atoms in total. The number of carboxylic acids is 1. The van der Waals surface area contributed by atoms with Crippen molar-refractivity contribution >= 4 is 32.6 Å². The van der Waals surface area contributed by atoms with Crippen LogP contribution in [0.25, 0.3) is 33.2 Å². The second-order valence-electron chi connectivity index (χ2n) is 11.3. The maximum Gasteiger partial charge on any atom is 0.335 e. The summed E-state index contributed by atoms with van der Waals surface area (Å²) in [6.45, 7) is 2.36. The molecular formula is C37H31N3O5S. The van der Waals surface area contributed by atoms with Gasteiger partial charge in [-0.1, -0.05) is 48.5 Å². The average Bonchev–Trinajstić information content (AvgIpc) is 3.47. The fraction of sp³-hybridized carbons (Fsp3) is 0.108. The van der Waals surface area contributed by atoms with E-state index in [1.54, 1.807) is 48.8 Å². The third-order valence-electron chi connectivity index (χ3n) is 8.03. The molecule has 4 aromatic carbocycles. The van der Waals surface area contributed by atoms with Gasteiger partial charge in [-0.05, 0) is 94.9 Å². The molecule has 2 N–H and O–H groups in total. The van der Waals surface area contributed by atoms with Crippen LogP contribution in [0.2, 0.25) is 0 Å². The molecule has 2 aromatic heterocycles. The van der Waals surface area contributed by atoms with Crippen LogP contribution < -0.4 is 5.32 Å². The van der Waals surface area contributed by atoms with Crippen molar-refractivity contribution in [3.63, 3.8) is 0 Å². The molecule has 0 fully saturated rings. The van der Waals surface area contributed by atoms with Gasteiger partial charge in [0.1, 0.15) is 0 Å². The Labute approximate surface area is 266 Å². The van der Waals surface area contributed by atoms with E-state index in [1.807, 2.05) is 48.0 Å². The van der Waals surface area contributed by atoms with Crippen LogP contribution in [0.1, 0.15) is 44.8 Å². The molecule has 0 aliphatic rings. The van der Waals surface area contributed by atoms with E-state index in [4.69, 9.17) is 0 Å². The van der Waals surface area contributed by atoms with Crippen molar-refractivity contribution < 1.29 is 23.1 Å². The highest BCUT2D eigenvalue weighted by Crippen LogP contribution is 2.31. The molecule has 0 aliphatic heterocycles. The Morgan fingerprint density at radius 2 is 1.52 bits per heavy atom.